The van der Waals surface area contributed by atoms with Crippen molar-refractivity contribution in [3.05, 3.63) is 29.3 Å². The molecule has 1 aliphatic rings. The van der Waals surface area contributed by atoms with Crippen molar-refractivity contribution in [2.75, 3.05) is 39.0 Å². The van der Waals surface area contributed by atoms with E-state index in [9.17, 15) is 8.42 Å². The van der Waals surface area contributed by atoms with Crippen LogP contribution in [0.3, 0.4) is 0 Å². The third kappa shape index (κ3) is 7.43. The van der Waals surface area contributed by atoms with Gasteiger partial charge in [-0.3, -0.25) is 0 Å². The zero-order valence-electron chi connectivity index (χ0n) is 17.8. The summed E-state index contributed by atoms with van der Waals surface area (Å²) in [4.78, 5) is 7.61. The van der Waals surface area contributed by atoms with E-state index in [1.165, 1.54) is 38.6 Å². The fourth-order valence-electron chi connectivity index (χ4n) is 3.66. The minimum atomic E-state index is -3.19. The summed E-state index contributed by atoms with van der Waals surface area (Å²) in [6.45, 7) is 11.9. The lowest BCUT2D eigenvalue weighted by Crippen LogP contribution is -2.42. The van der Waals surface area contributed by atoms with E-state index in [1.54, 1.807) is 6.07 Å². The van der Waals surface area contributed by atoms with Crippen LogP contribution in [-0.2, 0) is 16.4 Å². The van der Waals surface area contributed by atoms with Gasteiger partial charge in [0.05, 0.1) is 11.4 Å². The fourth-order valence-corrected chi connectivity index (χ4v) is 4.62. The molecule has 7 heteroatoms. The number of rotatable bonds is 8. The van der Waals surface area contributed by atoms with Crippen LogP contribution >= 0.6 is 0 Å². The maximum Gasteiger partial charge on any atom is 0.191 e. The van der Waals surface area contributed by atoms with Gasteiger partial charge in [-0.2, -0.15) is 0 Å². The fraction of sp³-hybridized carbons (Fsp3) is 0.667. The van der Waals surface area contributed by atoms with Crippen LogP contribution in [0.1, 0.15) is 44.2 Å². The number of hydrogen-bond acceptors (Lipinski definition) is 4. The van der Waals surface area contributed by atoms with Gasteiger partial charge in [-0.15, -0.1) is 0 Å². The highest BCUT2D eigenvalue weighted by Gasteiger charge is 2.14. The Labute approximate surface area is 170 Å². The summed E-state index contributed by atoms with van der Waals surface area (Å²) < 4.78 is 23.5. The van der Waals surface area contributed by atoms with E-state index in [0.29, 0.717) is 17.4 Å². The molecule has 2 N–H and O–H groups in total. The molecule has 1 aromatic rings. The molecule has 28 heavy (non-hydrogen) atoms. The maximum absolute atomic E-state index is 11.8. The van der Waals surface area contributed by atoms with E-state index < -0.39 is 9.84 Å². The minimum Gasteiger partial charge on any atom is -0.357 e. The van der Waals surface area contributed by atoms with Crippen LogP contribution in [0.2, 0.25) is 0 Å². The summed E-state index contributed by atoms with van der Waals surface area (Å²) in [6.07, 6.45) is 5.25. The van der Waals surface area contributed by atoms with Crippen LogP contribution in [0.25, 0.3) is 0 Å². The van der Waals surface area contributed by atoms with E-state index in [4.69, 9.17) is 0 Å². The Kier molecular flexibility index (Phi) is 8.76. The van der Waals surface area contributed by atoms with Crippen molar-refractivity contribution < 1.29 is 8.42 Å². The first kappa shape index (κ1) is 22.7. The number of nitrogens with one attached hydrogen (secondary N) is 2. The van der Waals surface area contributed by atoms with E-state index in [2.05, 4.69) is 34.4 Å². The number of sulfone groups is 1. The molecular weight excluding hydrogens is 372 g/mol. The Hall–Kier alpha value is -1.60. The Morgan fingerprint density at radius 2 is 1.93 bits per heavy atom. The molecule has 158 valence electrons. The highest BCUT2D eigenvalue weighted by Crippen LogP contribution is 2.17. The summed E-state index contributed by atoms with van der Waals surface area (Å²) in [5, 5.41) is 6.74. The summed E-state index contributed by atoms with van der Waals surface area (Å²) >= 11 is 0. The zero-order valence-corrected chi connectivity index (χ0v) is 18.6. The summed E-state index contributed by atoms with van der Waals surface area (Å²) in [6, 6.07) is 5.43. The minimum absolute atomic E-state index is 0.386. The van der Waals surface area contributed by atoms with Gasteiger partial charge in [-0.25, -0.2) is 13.4 Å². The molecule has 2 rings (SSSR count). The molecular formula is C21H36N4O2S. The smallest absolute Gasteiger partial charge is 0.191 e. The van der Waals surface area contributed by atoms with Crippen molar-refractivity contribution in [1.82, 2.24) is 15.5 Å². The Morgan fingerprint density at radius 1 is 1.21 bits per heavy atom. The van der Waals surface area contributed by atoms with Crippen molar-refractivity contribution in [2.45, 2.75) is 51.5 Å². The molecule has 0 bridgehead atoms. The number of nitrogens with zero attached hydrogens (tertiary/aromatic N) is 2. The molecule has 0 saturated carbocycles. The maximum atomic E-state index is 11.8. The normalized spacial score (nSPS) is 17.4. The standard InChI is InChI=1S/C21H36N4O2S/c1-5-22-21(23-14-17(2)16-25-11-7-6-8-12-25)24-15-19-9-10-20(18(3)13-19)28(4,26)27/h9-10,13,17H,5-8,11-12,14-16H2,1-4H3,(H2,22,23,24). The van der Waals surface area contributed by atoms with Gasteiger partial charge in [0.15, 0.2) is 15.8 Å². The molecule has 0 spiro atoms. The molecule has 0 amide bonds. The molecule has 1 aliphatic heterocycles. The molecule has 1 saturated heterocycles. The van der Waals surface area contributed by atoms with Gasteiger partial charge in [0.25, 0.3) is 0 Å². The predicted molar refractivity (Wildman–Crippen MR) is 117 cm³/mol. The molecule has 6 nitrogen and oxygen atoms in total. The quantitative estimate of drug-likeness (QED) is 0.511. The molecule has 1 atom stereocenters. The van der Waals surface area contributed by atoms with E-state index >= 15 is 0 Å². The molecule has 1 aromatic carbocycles. The van der Waals surface area contributed by atoms with Crippen molar-refractivity contribution >= 4 is 15.8 Å². The van der Waals surface area contributed by atoms with E-state index in [-0.39, 0.29) is 0 Å². The molecule has 0 radical (unpaired) electrons. The van der Waals surface area contributed by atoms with Crippen LogP contribution in [0.5, 0.6) is 0 Å². The van der Waals surface area contributed by atoms with Crippen molar-refractivity contribution in [3.8, 4) is 0 Å². The first-order chi connectivity index (χ1) is 13.3. The van der Waals surface area contributed by atoms with E-state index in [0.717, 1.165) is 36.7 Å². The third-order valence-electron chi connectivity index (χ3n) is 5.04. The zero-order chi connectivity index (χ0) is 20.6. The molecule has 1 unspecified atom stereocenters. The van der Waals surface area contributed by atoms with Gasteiger partial charge in [-0.05, 0) is 62.9 Å². The Bertz CT molecular complexity index is 756. The Morgan fingerprint density at radius 3 is 2.54 bits per heavy atom. The second-order valence-corrected chi connectivity index (χ2v) is 9.90. The second kappa shape index (κ2) is 10.8. The third-order valence-corrected chi connectivity index (χ3v) is 6.30. The molecule has 0 aliphatic carbocycles. The van der Waals surface area contributed by atoms with Crippen LogP contribution in [-0.4, -0.2) is 58.3 Å². The van der Waals surface area contributed by atoms with Gasteiger partial charge in [0, 0.05) is 25.9 Å². The van der Waals surface area contributed by atoms with Gasteiger partial charge in [-0.1, -0.05) is 25.5 Å². The number of aryl methyl sites for hydroxylation is 1. The monoisotopic (exact) mass is 408 g/mol. The average molecular weight is 409 g/mol. The van der Waals surface area contributed by atoms with Crippen molar-refractivity contribution in [1.29, 1.82) is 0 Å². The van der Waals surface area contributed by atoms with Crippen LogP contribution in [0.15, 0.2) is 28.1 Å². The van der Waals surface area contributed by atoms with Gasteiger partial charge in [0.2, 0.25) is 0 Å². The topological polar surface area (TPSA) is 73.8 Å². The Balaban J connectivity index is 1.91. The molecule has 1 heterocycles. The number of guanidine groups is 1. The number of piperidine rings is 1. The number of benzene rings is 1. The van der Waals surface area contributed by atoms with Crippen molar-refractivity contribution in [2.24, 2.45) is 10.9 Å². The summed E-state index contributed by atoms with van der Waals surface area (Å²) in [5.41, 5.74) is 1.77. The summed E-state index contributed by atoms with van der Waals surface area (Å²) in [7, 11) is -3.19. The van der Waals surface area contributed by atoms with Crippen LogP contribution < -0.4 is 10.6 Å². The lowest BCUT2D eigenvalue weighted by atomic mass is 10.1. The van der Waals surface area contributed by atoms with Crippen LogP contribution in [0.4, 0.5) is 0 Å². The number of hydrogen-bond donors (Lipinski definition) is 2. The van der Waals surface area contributed by atoms with E-state index in [1.807, 2.05) is 19.1 Å². The largest absolute Gasteiger partial charge is 0.357 e. The predicted octanol–water partition coefficient (Wildman–Crippen LogP) is 2.58. The van der Waals surface area contributed by atoms with Gasteiger partial charge < -0.3 is 15.5 Å². The van der Waals surface area contributed by atoms with Crippen molar-refractivity contribution in [3.63, 3.8) is 0 Å². The first-order valence-electron chi connectivity index (χ1n) is 10.3. The van der Waals surface area contributed by atoms with Crippen LogP contribution in [0, 0.1) is 12.8 Å². The highest BCUT2D eigenvalue weighted by molar-refractivity contribution is 7.90. The number of likely N-dealkylation sites (tertiary alicyclic amines) is 1. The lowest BCUT2D eigenvalue weighted by molar-refractivity contribution is 0.201. The second-order valence-electron chi connectivity index (χ2n) is 7.91. The SMILES string of the molecule is CCNC(=NCc1ccc(S(C)(=O)=O)c(C)c1)NCC(C)CN1CCCCC1. The summed E-state index contributed by atoms with van der Waals surface area (Å²) in [5.74, 6) is 1.36. The highest BCUT2D eigenvalue weighted by atomic mass is 32.2. The molecule has 1 fully saturated rings. The number of aliphatic imine (C=N–C) groups is 1. The van der Waals surface area contributed by atoms with Gasteiger partial charge in [0.1, 0.15) is 0 Å². The average Bonchev–Trinajstić information content (AvgIpc) is 2.64. The lowest BCUT2D eigenvalue weighted by Gasteiger charge is -2.29. The molecule has 0 aromatic heterocycles. The van der Waals surface area contributed by atoms with Gasteiger partial charge >= 0.3 is 0 Å². The first-order valence-corrected chi connectivity index (χ1v) is 12.2.